The summed E-state index contributed by atoms with van der Waals surface area (Å²) < 4.78 is 3.08. The maximum atomic E-state index is 4.40. The zero-order valence-electron chi connectivity index (χ0n) is 10.6. The average molecular weight is 449 g/mol. The second kappa shape index (κ2) is 6.37. The molecule has 0 radical (unpaired) electrons. The van der Waals surface area contributed by atoms with Gasteiger partial charge in [-0.25, -0.2) is 0 Å². The van der Waals surface area contributed by atoms with Gasteiger partial charge in [-0.3, -0.25) is 4.98 Å². The Morgan fingerprint density at radius 2 is 1.63 bits per heavy atom. The van der Waals surface area contributed by atoms with Crippen molar-refractivity contribution in [2.75, 3.05) is 5.32 Å². The minimum absolute atomic E-state index is 0.692. The van der Waals surface area contributed by atoms with Crippen molar-refractivity contribution in [2.24, 2.45) is 0 Å². The number of aryl methyl sites for hydroxylation is 2. The van der Waals surface area contributed by atoms with Gasteiger partial charge >= 0.3 is 0 Å². The third-order valence-corrected chi connectivity index (χ3v) is 4.39. The number of rotatable bonds is 3. The largest absolute Gasteiger partial charge is 0.379 e. The smallest absolute Gasteiger partial charge is 0.0737 e. The van der Waals surface area contributed by atoms with Crippen LogP contribution in [0.3, 0.4) is 0 Å². The molecule has 1 aromatic carbocycles. The number of aromatic nitrogens is 1. The van der Waals surface area contributed by atoms with Gasteiger partial charge in [0.2, 0.25) is 0 Å². The molecule has 0 saturated heterocycles. The van der Waals surface area contributed by atoms with Crippen molar-refractivity contribution in [3.05, 3.63) is 54.6 Å². The molecule has 100 valence electrons. The fourth-order valence-electron chi connectivity index (χ4n) is 1.93. The summed E-state index contributed by atoms with van der Waals surface area (Å²) in [5.41, 5.74) is 4.60. The molecule has 0 aliphatic carbocycles. The quantitative estimate of drug-likeness (QED) is 0.661. The van der Waals surface area contributed by atoms with Crippen molar-refractivity contribution in [2.45, 2.75) is 20.4 Å². The number of nitrogens with one attached hydrogen (secondary N) is 1. The van der Waals surface area contributed by atoms with Crippen LogP contribution in [0.2, 0.25) is 0 Å². The monoisotopic (exact) mass is 446 g/mol. The third kappa shape index (κ3) is 3.80. The van der Waals surface area contributed by atoms with Crippen molar-refractivity contribution in [3.63, 3.8) is 0 Å². The van der Waals surface area contributed by atoms with E-state index in [0.717, 1.165) is 19.1 Å². The Bertz CT molecular complexity index is 589. The van der Waals surface area contributed by atoms with Gasteiger partial charge in [0, 0.05) is 25.3 Å². The lowest BCUT2D eigenvalue weighted by atomic mass is 10.1. The average Bonchev–Trinajstić information content (AvgIpc) is 2.30. The molecule has 2 nitrogen and oxygen atoms in total. The van der Waals surface area contributed by atoms with E-state index < -0.39 is 0 Å². The van der Waals surface area contributed by atoms with Crippen LogP contribution in [0.25, 0.3) is 0 Å². The van der Waals surface area contributed by atoms with Gasteiger partial charge < -0.3 is 5.32 Å². The Labute approximate surface area is 138 Å². The molecule has 0 amide bonds. The number of hydrogen-bond acceptors (Lipinski definition) is 2. The van der Waals surface area contributed by atoms with Gasteiger partial charge in [-0.05, 0) is 75.0 Å². The van der Waals surface area contributed by atoms with Crippen molar-refractivity contribution in [1.29, 1.82) is 0 Å². The third-order valence-electron chi connectivity index (χ3n) is 2.81. The minimum Gasteiger partial charge on any atom is -0.379 e. The number of halogens is 3. The number of hydrogen-bond donors (Lipinski definition) is 1. The van der Waals surface area contributed by atoms with Crippen LogP contribution in [0.4, 0.5) is 5.69 Å². The van der Waals surface area contributed by atoms with Crippen molar-refractivity contribution in [1.82, 2.24) is 4.98 Å². The predicted molar refractivity (Wildman–Crippen MR) is 90.6 cm³/mol. The van der Waals surface area contributed by atoms with Crippen LogP contribution in [0.15, 0.2) is 37.8 Å². The summed E-state index contributed by atoms with van der Waals surface area (Å²) in [7, 11) is 0. The summed E-state index contributed by atoms with van der Waals surface area (Å²) in [6.45, 7) is 4.89. The van der Waals surface area contributed by atoms with E-state index in [1.54, 1.807) is 0 Å². The topological polar surface area (TPSA) is 24.9 Å². The van der Waals surface area contributed by atoms with E-state index >= 15 is 0 Å². The first-order valence-corrected chi connectivity index (χ1v) is 8.16. The van der Waals surface area contributed by atoms with Crippen LogP contribution in [0, 0.1) is 13.8 Å². The molecular weight excluding hydrogens is 436 g/mol. The number of anilines is 1. The highest BCUT2D eigenvalue weighted by Crippen LogP contribution is 2.26. The second-order valence-electron chi connectivity index (χ2n) is 4.35. The van der Waals surface area contributed by atoms with Gasteiger partial charge in [0.25, 0.3) is 0 Å². The molecule has 19 heavy (non-hydrogen) atoms. The van der Waals surface area contributed by atoms with E-state index in [1.165, 1.54) is 16.8 Å². The molecule has 1 aromatic heterocycles. The molecule has 0 bridgehead atoms. The second-order valence-corrected chi connectivity index (χ2v) is 7.04. The van der Waals surface area contributed by atoms with Crippen LogP contribution < -0.4 is 5.32 Å². The van der Waals surface area contributed by atoms with E-state index in [4.69, 9.17) is 0 Å². The number of nitrogens with zero attached hydrogens (tertiary/aromatic N) is 1. The fourth-order valence-corrected chi connectivity index (χ4v) is 3.75. The summed E-state index contributed by atoms with van der Waals surface area (Å²) >= 11 is 10.4. The Morgan fingerprint density at radius 3 is 2.21 bits per heavy atom. The molecule has 5 heteroatoms. The van der Waals surface area contributed by atoms with E-state index in [-0.39, 0.29) is 0 Å². The highest BCUT2D eigenvalue weighted by Gasteiger charge is 2.06. The van der Waals surface area contributed by atoms with Gasteiger partial charge in [-0.1, -0.05) is 15.9 Å². The number of pyridine rings is 1. The normalized spacial score (nSPS) is 10.6. The van der Waals surface area contributed by atoms with Gasteiger partial charge in [0.1, 0.15) is 0 Å². The summed E-state index contributed by atoms with van der Waals surface area (Å²) in [5.74, 6) is 0. The zero-order chi connectivity index (χ0) is 14.0. The number of benzene rings is 1. The van der Waals surface area contributed by atoms with E-state index in [1.807, 2.05) is 12.3 Å². The van der Waals surface area contributed by atoms with Crippen molar-refractivity contribution >= 4 is 53.5 Å². The standard InChI is InChI=1S/C14H13Br3N2/c1-8-3-10(15)4-9(2)14(8)19-7-13-12(17)5-11(16)6-18-13/h3-6,19H,7H2,1-2H3. The van der Waals surface area contributed by atoms with E-state index in [9.17, 15) is 0 Å². The fraction of sp³-hybridized carbons (Fsp3) is 0.214. The van der Waals surface area contributed by atoms with Crippen LogP contribution >= 0.6 is 47.8 Å². The Hall–Kier alpha value is -0.390. The van der Waals surface area contributed by atoms with Gasteiger partial charge in [0.15, 0.2) is 0 Å². The van der Waals surface area contributed by atoms with Crippen LogP contribution in [0.1, 0.15) is 16.8 Å². The molecule has 2 aromatic rings. The molecule has 0 spiro atoms. The van der Waals surface area contributed by atoms with E-state index in [0.29, 0.717) is 6.54 Å². The molecule has 0 aliphatic rings. The molecule has 0 saturated carbocycles. The molecule has 1 N–H and O–H groups in total. The molecule has 0 aliphatic heterocycles. The van der Waals surface area contributed by atoms with Crippen LogP contribution in [-0.4, -0.2) is 4.98 Å². The summed E-state index contributed by atoms with van der Waals surface area (Å²) in [4.78, 5) is 4.40. The highest BCUT2D eigenvalue weighted by atomic mass is 79.9. The van der Waals surface area contributed by atoms with Crippen molar-refractivity contribution in [3.8, 4) is 0 Å². The molecule has 0 atom stereocenters. The minimum atomic E-state index is 0.692. The maximum Gasteiger partial charge on any atom is 0.0737 e. The Balaban J connectivity index is 2.19. The zero-order valence-corrected chi connectivity index (χ0v) is 15.4. The highest BCUT2D eigenvalue weighted by molar-refractivity contribution is 9.11. The molecule has 1 heterocycles. The maximum absolute atomic E-state index is 4.40. The van der Waals surface area contributed by atoms with Gasteiger partial charge in [-0.2, -0.15) is 0 Å². The predicted octanol–water partition coefficient (Wildman–Crippen LogP) is 5.60. The van der Waals surface area contributed by atoms with Crippen LogP contribution in [-0.2, 0) is 6.54 Å². The van der Waals surface area contributed by atoms with E-state index in [2.05, 4.69) is 84.1 Å². The lowest BCUT2D eigenvalue weighted by molar-refractivity contribution is 1.02. The lowest BCUT2D eigenvalue weighted by Gasteiger charge is -2.14. The lowest BCUT2D eigenvalue weighted by Crippen LogP contribution is -2.05. The molecular formula is C14H13Br3N2. The molecule has 0 unspecified atom stereocenters. The first kappa shape index (κ1) is 15.0. The Kier molecular flexibility index (Phi) is 5.03. The summed E-state index contributed by atoms with van der Waals surface area (Å²) in [6.07, 6.45) is 1.81. The first-order valence-electron chi connectivity index (χ1n) is 5.78. The van der Waals surface area contributed by atoms with Gasteiger partial charge in [0.05, 0.1) is 12.2 Å². The summed E-state index contributed by atoms with van der Waals surface area (Å²) in [5, 5.41) is 3.46. The Morgan fingerprint density at radius 1 is 1.00 bits per heavy atom. The van der Waals surface area contributed by atoms with Crippen molar-refractivity contribution < 1.29 is 0 Å². The molecule has 0 fully saturated rings. The summed E-state index contributed by atoms with van der Waals surface area (Å²) in [6, 6.07) is 6.23. The van der Waals surface area contributed by atoms with Crippen LogP contribution in [0.5, 0.6) is 0 Å². The SMILES string of the molecule is Cc1cc(Br)cc(C)c1NCc1ncc(Br)cc1Br. The van der Waals surface area contributed by atoms with Gasteiger partial charge in [-0.15, -0.1) is 0 Å². The first-order chi connectivity index (χ1) is 8.97. The molecule has 2 rings (SSSR count).